The van der Waals surface area contributed by atoms with Crippen LogP contribution in [0.5, 0.6) is 0 Å². The number of nitrogens with two attached hydrogens (primary N) is 1. The average Bonchev–Trinajstić information content (AvgIpc) is 3.32. The standard InChI is InChI=1S/C18H21FN6S.HI/c19-14-1-2-16-15(11-14)13(12-23-16)3-4-21-17(20)24-6-8-25(9-7-24)18-22-5-10-26-18;/h1-2,5,10-12,23H,3-4,6-9H2,(H2,20,21);1H. The Labute approximate surface area is 178 Å². The van der Waals surface area contributed by atoms with Crippen molar-refractivity contribution in [3.05, 3.63) is 47.4 Å². The van der Waals surface area contributed by atoms with E-state index >= 15 is 0 Å². The van der Waals surface area contributed by atoms with E-state index in [1.54, 1.807) is 23.5 Å². The molecule has 3 heterocycles. The summed E-state index contributed by atoms with van der Waals surface area (Å²) in [4.78, 5) is 16.4. The summed E-state index contributed by atoms with van der Waals surface area (Å²) in [5, 5.41) is 3.97. The molecule has 1 saturated heterocycles. The summed E-state index contributed by atoms with van der Waals surface area (Å²) in [5.41, 5.74) is 8.17. The van der Waals surface area contributed by atoms with Crippen molar-refractivity contribution >= 4 is 57.3 Å². The Morgan fingerprint density at radius 2 is 2.11 bits per heavy atom. The van der Waals surface area contributed by atoms with Crippen molar-refractivity contribution in [1.29, 1.82) is 0 Å². The van der Waals surface area contributed by atoms with Crippen molar-refractivity contribution in [2.75, 3.05) is 37.6 Å². The fourth-order valence-corrected chi connectivity index (χ4v) is 3.94. The maximum absolute atomic E-state index is 13.4. The number of rotatable bonds is 4. The van der Waals surface area contributed by atoms with Crippen LogP contribution in [0.25, 0.3) is 10.9 Å². The second-order valence-corrected chi connectivity index (χ2v) is 7.16. The van der Waals surface area contributed by atoms with Gasteiger partial charge in [0.2, 0.25) is 0 Å². The number of benzene rings is 1. The Balaban J connectivity index is 0.00000210. The summed E-state index contributed by atoms with van der Waals surface area (Å²) < 4.78 is 13.4. The zero-order chi connectivity index (χ0) is 17.9. The number of guanidine groups is 1. The second-order valence-electron chi connectivity index (χ2n) is 6.28. The normalized spacial score (nSPS) is 15.2. The van der Waals surface area contributed by atoms with Gasteiger partial charge >= 0.3 is 0 Å². The van der Waals surface area contributed by atoms with Gasteiger partial charge in [0.15, 0.2) is 11.1 Å². The van der Waals surface area contributed by atoms with Crippen molar-refractivity contribution in [2.45, 2.75) is 6.42 Å². The van der Waals surface area contributed by atoms with Gasteiger partial charge in [0.1, 0.15) is 5.82 Å². The van der Waals surface area contributed by atoms with E-state index in [2.05, 4.69) is 24.8 Å². The van der Waals surface area contributed by atoms with Crippen molar-refractivity contribution < 1.29 is 4.39 Å². The van der Waals surface area contributed by atoms with Gasteiger partial charge < -0.3 is 20.5 Å². The molecular formula is C18H22FIN6S. The minimum absolute atomic E-state index is 0. The molecule has 3 N–H and O–H groups in total. The number of halogens is 2. The highest BCUT2D eigenvalue weighted by Crippen LogP contribution is 2.20. The lowest BCUT2D eigenvalue weighted by atomic mass is 10.1. The molecular weight excluding hydrogens is 478 g/mol. The number of aliphatic imine (C=N–C) groups is 1. The molecule has 1 aromatic carbocycles. The quantitative estimate of drug-likeness (QED) is 0.328. The molecule has 0 amide bonds. The van der Waals surface area contributed by atoms with Crippen LogP contribution in [0, 0.1) is 5.82 Å². The lowest BCUT2D eigenvalue weighted by molar-refractivity contribution is 0.380. The first kappa shape index (κ1) is 19.9. The Morgan fingerprint density at radius 1 is 1.30 bits per heavy atom. The van der Waals surface area contributed by atoms with E-state index in [1.807, 2.05) is 17.8 Å². The highest BCUT2D eigenvalue weighted by Gasteiger charge is 2.19. The van der Waals surface area contributed by atoms with E-state index in [-0.39, 0.29) is 29.8 Å². The highest BCUT2D eigenvalue weighted by atomic mass is 127. The first-order valence-electron chi connectivity index (χ1n) is 8.65. The Bertz CT molecular complexity index is 902. The highest BCUT2D eigenvalue weighted by molar-refractivity contribution is 14.0. The van der Waals surface area contributed by atoms with Crippen LogP contribution in [0.15, 0.2) is 41.0 Å². The van der Waals surface area contributed by atoms with Gasteiger partial charge in [0.05, 0.1) is 0 Å². The zero-order valence-electron chi connectivity index (χ0n) is 14.8. The molecule has 0 spiro atoms. The third-order valence-electron chi connectivity index (χ3n) is 4.68. The largest absolute Gasteiger partial charge is 0.370 e. The van der Waals surface area contributed by atoms with Crippen LogP contribution in [-0.4, -0.2) is 53.6 Å². The number of hydrogen-bond donors (Lipinski definition) is 2. The zero-order valence-corrected chi connectivity index (χ0v) is 17.9. The van der Waals surface area contributed by atoms with Gasteiger partial charge in [-0.3, -0.25) is 4.99 Å². The fourth-order valence-electron chi connectivity index (χ4n) is 3.25. The van der Waals surface area contributed by atoms with Crippen molar-refractivity contribution in [3.8, 4) is 0 Å². The molecule has 144 valence electrons. The van der Waals surface area contributed by atoms with Gasteiger partial charge in [-0.05, 0) is 30.2 Å². The maximum atomic E-state index is 13.4. The van der Waals surface area contributed by atoms with E-state index in [0.29, 0.717) is 12.5 Å². The van der Waals surface area contributed by atoms with Gasteiger partial charge in [-0.15, -0.1) is 35.3 Å². The molecule has 3 aromatic rings. The molecule has 1 aliphatic rings. The lowest BCUT2D eigenvalue weighted by Crippen LogP contribution is -2.51. The van der Waals surface area contributed by atoms with E-state index in [4.69, 9.17) is 5.73 Å². The molecule has 2 aromatic heterocycles. The molecule has 0 bridgehead atoms. The van der Waals surface area contributed by atoms with Gasteiger partial charge in [-0.2, -0.15) is 0 Å². The van der Waals surface area contributed by atoms with E-state index in [0.717, 1.165) is 54.2 Å². The van der Waals surface area contributed by atoms with Crippen LogP contribution >= 0.6 is 35.3 Å². The Hall–Kier alpha value is -1.88. The average molecular weight is 500 g/mol. The minimum Gasteiger partial charge on any atom is -0.370 e. The molecule has 27 heavy (non-hydrogen) atoms. The Kier molecular flexibility index (Phi) is 6.53. The van der Waals surface area contributed by atoms with E-state index in [9.17, 15) is 4.39 Å². The third kappa shape index (κ3) is 4.52. The molecule has 0 unspecified atom stereocenters. The number of nitrogens with one attached hydrogen (secondary N) is 1. The number of fused-ring (bicyclic) bond motifs is 1. The third-order valence-corrected chi connectivity index (χ3v) is 5.51. The smallest absolute Gasteiger partial charge is 0.191 e. The van der Waals surface area contributed by atoms with Crippen molar-refractivity contribution in [1.82, 2.24) is 14.9 Å². The first-order valence-corrected chi connectivity index (χ1v) is 9.53. The van der Waals surface area contributed by atoms with E-state index in [1.165, 1.54) is 6.07 Å². The monoisotopic (exact) mass is 500 g/mol. The summed E-state index contributed by atoms with van der Waals surface area (Å²) in [6.45, 7) is 4.05. The van der Waals surface area contributed by atoms with Gasteiger partial charge in [0.25, 0.3) is 0 Å². The summed E-state index contributed by atoms with van der Waals surface area (Å²) in [5.74, 6) is 0.356. The van der Waals surface area contributed by atoms with Crippen molar-refractivity contribution in [2.24, 2.45) is 10.7 Å². The molecule has 0 radical (unpaired) electrons. The van der Waals surface area contributed by atoms with Crippen LogP contribution < -0.4 is 10.6 Å². The van der Waals surface area contributed by atoms with Gasteiger partial charge in [-0.1, -0.05) is 0 Å². The molecule has 1 aliphatic heterocycles. The topological polar surface area (TPSA) is 73.5 Å². The number of anilines is 1. The molecule has 4 rings (SSSR count). The molecule has 0 atom stereocenters. The van der Waals surface area contributed by atoms with Crippen molar-refractivity contribution in [3.63, 3.8) is 0 Å². The summed E-state index contributed by atoms with van der Waals surface area (Å²) >= 11 is 1.66. The van der Waals surface area contributed by atoms with Crippen LogP contribution in [0.1, 0.15) is 5.56 Å². The minimum atomic E-state index is -0.223. The molecule has 1 fully saturated rings. The predicted octanol–water partition coefficient (Wildman–Crippen LogP) is 3.06. The molecule has 0 aliphatic carbocycles. The van der Waals surface area contributed by atoms with E-state index < -0.39 is 0 Å². The summed E-state index contributed by atoms with van der Waals surface area (Å²) in [6.07, 6.45) is 4.48. The second kappa shape index (κ2) is 8.87. The number of aromatic amines is 1. The predicted molar refractivity (Wildman–Crippen MR) is 120 cm³/mol. The maximum Gasteiger partial charge on any atom is 0.191 e. The number of H-pyrrole nitrogens is 1. The molecule has 0 saturated carbocycles. The van der Waals surface area contributed by atoms with Gasteiger partial charge in [-0.25, -0.2) is 9.37 Å². The molecule has 9 heteroatoms. The SMILES string of the molecule is I.NC(=NCCc1c[nH]c2ccc(F)cc12)N1CCN(c2nccs2)CC1. The van der Waals surface area contributed by atoms with Gasteiger partial charge in [0, 0.05) is 61.4 Å². The van der Waals surface area contributed by atoms with Crippen LogP contribution in [0.3, 0.4) is 0 Å². The Morgan fingerprint density at radius 3 is 2.85 bits per heavy atom. The summed E-state index contributed by atoms with van der Waals surface area (Å²) in [7, 11) is 0. The summed E-state index contributed by atoms with van der Waals surface area (Å²) in [6, 6.07) is 4.78. The van der Waals surface area contributed by atoms with Crippen LogP contribution in [-0.2, 0) is 6.42 Å². The number of hydrogen-bond acceptors (Lipinski definition) is 4. The lowest BCUT2D eigenvalue weighted by Gasteiger charge is -2.35. The fraction of sp³-hybridized carbons (Fsp3) is 0.333. The van der Waals surface area contributed by atoms with Crippen LogP contribution in [0.2, 0.25) is 0 Å². The first-order chi connectivity index (χ1) is 12.7. The number of nitrogens with zero attached hydrogens (tertiary/aromatic N) is 4. The number of piperazine rings is 1. The number of thiazole rings is 1. The molecule has 6 nitrogen and oxygen atoms in total. The number of aromatic nitrogens is 2. The van der Waals surface area contributed by atoms with Crippen LogP contribution in [0.4, 0.5) is 9.52 Å².